The van der Waals surface area contributed by atoms with Crippen LogP contribution in [-0.2, 0) is 6.42 Å². The van der Waals surface area contributed by atoms with Crippen molar-refractivity contribution in [1.82, 2.24) is 9.78 Å². The Bertz CT molecular complexity index is 1190. The van der Waals surface area contributed by atoms with Crippen molar-refractivity contribution in [2.45, 2.75) is 25.2 Å². The SMILES string of the molecule is O=C(O)c1cccc(-n2nc(C(c3ccccc3)c3ccccc3)c3c2NCCCC3)c1. The Balaban J connectivity index is 1.73. The highest BCUT2D eigenvalue weighted by Crippen LogP contribution is 2.38. The first-order valence-corrected chi connectivity index (χ1v) is 11.0. The number of hydrogen-bond acceptors (Lipinski definition) is 3. The van der Waals surface area contributed by atoms with Gasteiger partial charge in [0, 0.05) is 12.1 Å². The van der Waals surface area contributed by atoms with Crippen LogP contribution >= 0.6 is 0 Å². The van der Waals surface area contributed by atoms with Crippen LogP contribution in [0.15, 0.2) is 84.9 Å². The van der Waals surface area contributed by atoms with Crippen molar-refractivity contribution >= 4 is 11.8 Å². The van der Waals surface area contributed by atoms with Gasteiger partial charge in [0.05, 0.1) is 22.9 Å². The average Bonchev–Trinajstić information content (AvgIpc) is 3.01. The molecule has 5 nitrogen and oxygen atoms in total. The van der Waals surface area contributed by atoms with Crippen molar-refractivity contribution in [2.75, 3.05) is 11.9 Å². The van der Waals surface area contributed by atoms with Crippen LogP contribution in [0.25, 0.3) is 5.69 Å². The van der Waals surface area contributed by atoms with Crippen molar-refractivity contribution < 1.29 is 9.90 Å². The molecule has 0 radical (unpaired) electrons. The molecule has 1 aliphatic heterocycles. The summed E-state index contributed by atoms with van der Waals surface area (Å²) in [6, 6.07) is 27.9. The number of fused-ring (bicyclic) bond motifs is 1. The van der Waals surface area contributed by atoms with Gasteiger partial charge in [-0.25, -0.2) is 9.48 Å². The standard InChI is InChI=1S/C27H25N3O2/c31-27(32)21-14-9-15-22(18-21)30-26-23(16-7-8-17-28-26)25(29-30)24(19-10-3-1-4-11-19)20-12-5-2-6-13-20/h1-6,9-15,18,24,28H,7-8,16-17H2,(H,31,32). The van der Waals surface area contributed by atoms with E-state index in [1.54, 1.807) is 18.2 Å². The minimum absolute atomic E-state index is 0.00467. The first kappa shape index (κ1) is 20.1. The van der Waals surface area contributed by atoms with E-state index in [0.717, 1.165) is 43.0 Å². The zero-order valence-corrected chi connectivity index (χ0v) is 17.7. The lowest BCUT2D eigenvalue weighted by molar-refractivity contribution is 0.0697. The molecule has 0 bridgehead atoms. The molecule has 160 valence electrons. The number of nitrogens with zero attached hydrogens (tertiary/aromatic N) is 2. The molecule has 1 aromatic heterocycles. The van der Waals surface area contributed by atoms with Gasteiger partial charge in [0.15, 0.2) is 0 Å². The molecule has 0 fully saturated rings. The number of carbonyl (C=O) groups is 1. The van der Waals surface area contributed by atoms with E-state index in [1.165, 1.54) is 16.7 Å². The predicted octanol–water partition coefficient (Wildman–Crippen LogP) is 5.50. The number of benzene rings is 3. The molecule has 4 aromatic rings. The maximum atomic E-state index is 11.6. The number of anilines is 1. The summed E-state index contributed by atoms with van der Waals surface area (Å²) < 4.78 is 1.89. The van der Waals surface area contributed by atoms with Gasteiger partial charge in [0.25, 0.3) is 0 Å². The molecule has 2 heterocycles. The highest BCUT2D eigenvalue weighted by atomic mass is 16.4. The first-order chi connectivity index (χ1) is 15.7. The van der Waals surface area contributed by atoms with Crippen LogP contribution in [0.3, 0.4) is 0 Å². The summed E-state index contributed by atoms with van der Waals surface area (Å²) in [5.41, 5.74) is 5.61. The first-order valence-electron chi connectivity index (χ1n) is 11.0. The monoisotopic (exact) mass is 423 g/mol. The molecule has 2 N–H and O–H groups in total. The zero-order chi connectivity index (χ0) is 21.9. The molecule has 3 aromatic carbocycles. The van der Waals surface area contributed by atoms with Gasteiger partial charge in [-0.3, -0.25) is 0 Å². The van der Waals surface area contributed by atoms with Crippen LogP contribution in [0.2, 0.25) is 0 Å². The van der Waals surface area contributed by atoms with Gasteiger partial charge in [-0.15, -0.1) is 0 Å². The fraction of sp³-hybridized carbons (Fsp3) is 0.185. The predicted molar refractivity (Wildman–Crippen MR) is 126 cm³/mol. The van der Waals surface area contributed by atoms with Gasteiger partial charge in [0.1, 0.15) is 5.82 Å². The van der Waals surface area contributed by atoms with Crippen molar-refractivity contribution in [1.29, 1.82) is 0 Å². The Morgan fingerprint density at radius 1 is 0.906 bits per heavy atom. The largest absolute Gasteiger partial charge is 0.478 e. The van der Waals surface area contributed by atoms with Crippen molar-refractivity contribution in [3.63, 3.8) is 0 Å². The number of rotatable bonds is 5. The third-order valence-corrected chi connectivity index (χ3v) is 6.04. The van der Waals surface area contributed by atoms with Gasteiger partial charge >= 0.3 is 5.97 Å². The topological polar surface area (TPSA) is 67.1 Å². The molecule has 5 rings (SSSR count). The van der Waals surface area contributed by atoms with E-state index in [4.69, 9.17) is 5.10 Å². The van der Waals surface area contributed by atoms with Crippen LogP contribution < -0.4 is 5.32 Å². The summed E-state index contributed by atoms with van der Waals surface area (Å²) in [4.78, 5) is 11.6. The fourth-order valence-corrected chi connectivity index (χ4v) is 4.52. The Hall–Kier alpha value is -3.86. The number of nitrogens with one attached hydrogen (secondary N) is 1. The molecule has 32 heavy (non-hydrogen) atoms. The zero-order valence-electron chi connectivity index (χ0n) is 17.7. The van der Waals surface area contributed by atoms with E-state index < -0.39 is 5.97 Å². The second-order valence-corrected chi connectivity index (χ2v) is 8.12. The van der Waals surface area contributed by atoms with Gasteiger partial charge in [-0.05, 0) is 48.6 Å². The summed E-state index contributed by atoms with van der Waals surface area (Å²) in [6.45, 7) is 0.873. The van der Waals surface area contributed by atoms with Crippen molar-refractivity contribution in [3.8, 4) is 5.69 Å². The Kier molecular flexibility index (Phi) is 5.46. The Morgan fingerprint density at radius 3 is 2.25 bits per heavy atom. The smallest absolute Gasteiger partial charge is 0.335 e. The van der Waals surface area contributed by atoms with Crippen LogP contribution in [0, 0.1) is 0 Å². The summed E-state index contributed by atoms with van der Waals surface area (Å²) in [5.74, 6) is 0.0246. The van der Waals surface area contributed by atoms with Gasteiger partial charge < -0.3 is 10.4 Å². The average molecular weight is 424 g/mol. The highest BCUT2D eigenvalue weighted by molar-refractivity contribution is 5.88. The van der Waals surface area contributed by atoms with Crippen LogP contribution in [0.5, 0.6) is 0 Å². The number of aromatic nitrogens is 2. The maximum Gasteiger partial charge on any atom is 0.335 e. The van der Waals surface area contributed by atoms with E-state index in [1.807, 2.05) is 22.9 Å². The quantitative estimate of drug-likeness (QED) is 0.445. The lowest BCUT2D eigenvalue weighted by Crippen LogP contribution is -2.09. The van der Waals surface area contributed by atoms with Crippen LogP contribution in [0.4, 0.5) is 5.82 Å². The van der Waals surface area contributed by atoms with E-state index >= 15 is 0 Å². The fourth-order valence-electron chi connectivity index (χ4n) is 4.52. The van der Waals surface area contributed by atoms with Crippen LogP contribution in [0.1, 0.15) is 51.5 Å². The molecular formula is C27H25N3O2. The van der Waals surface area contributed by atoms with Gasteiger partial charge in [-0.1, -0.05) is 66.7 Å². The minimum atomic E-state index is -0.940. The minimum Gasteiger partial charge on any atom is -0.478 e. The van der Waals surface area contributed by atoms with E-state index in [-0.39, 0.29) is 11.5 Å². The number of carboxylic acid groups (broad SMARTS) is 1. The van der Waals surface area contributed by atoms with Gasteiger partial charge in [0.2, 0.25) is 0 Å². The molecular weight excluding hydrogens is 398 g/mol. The summed E-state index contributed by atoms with van der Waals surface area (Å²) >= 11 is 0. The summed E-state index contributed by atoms with van der Waals surface area (Å²) in [5, 5.41) is 18.2. The van der Waals surface area contributed by atoms with E-state index in [0.29, 0.717) is 0 Å². The Labute approximate surface area is 187 Å². The third-order valence-electron chi connectivity index (χ3n) is 6.04. The van der Waals surface area contributed by atoms with E-state index in [2.05, 4.69) is 53.8 Å². The number of hydrogen-bond donors (Lipinski definition) is 2. The molecule has 0 unspecified atom stereocenters. The lowest BCUT2D eigenvalue weighted by atomic mass is 9.86. The molecule has 1 aliphatic rings. The lowest BCUT2D eigenvalue weighted by Gasteiger charge is -2.18. The molecule has 0 saturated heterocycles. The van der Waals surface area contributed by atoms with Crippen molar-refractivity contribution in [2.24, 2.45) is 0 Å². The van der Waals surface area contributed by atoms with Crippen LogP contribution in [-0.4, -0.2) is 27.4 Å². The molecule has 0 atom stereocenters. The summed E-state index contributed by atoms with van der Waals surface area (Å²) in [6.07, 6.45) is 3.11. The highest BCUT2D eigenvalue weighted by Gasteiger charge is 2.28. The number of aromatic carboxylic acids is 1. The normalized spacial score (nSPS) is 13.3. The second kappa shape index (κ2) is 8.71. The number of carboxylic acids is 1. The third kappa shape index (κ3) is 3.78. The molecule has 0 aliphatic carbocycles. The maximum absolute atomic E-state index is 11.6. The van der Waals surface area contributed by atoms with E-state index in [9.17, 15) is 9.90 Å². The Morgan fingerprint density at radius 2 is 1.59 bits per heavy atom. The summed E-state index contributed by atoms with van der Waals surface area (Å²) in [7, 11) is 0. The molecule has 5 heteroatoms. The van der Waals surface area contributed by atoms with Gasteiger partial charge in [-0.2, -0.15) is 5.10 Å². The molecule has 0 saturated carbocycles. The molecule has 0 spiro atoms. The second-order valence-electron chi connectivity index (χ2n) is 8.12. The van der Waals surface area contributed by atoms with Crippen molar-refractivity contribution in [3.05, 3.63) is 113 Å². The molecule has 0 amide bonds.